The molecule has 1 aromatic rings. The molecule has 0 bridgehead atoms. The number of carbonyl (C=O) groups is 2. The molecule has 0 aliphatic carbocycles. The van der Waals surface area contributed by atoms with Crippen LogP contribution in [-0.4, -0.2) is 25.0 Å². The zero-order valence-electron chi connectivity index (χ0n) is 9.75. The predicted molar refractivity (Wildman–Crippen MR) is 65.2 cm³/mol. The Morgan fingerprint density at radius 3 is 2.76 bits per heavy atom. The van der Waals surface area contributed by atoms with E-state index < -0.39 is 5.97 Å². The lowest BCUT2D eigenvalue weighted by Gasteiger charge is -2.07. The van der Waals surface area contributed by atoms with Crippen LogP contribution in [0.3, 0.4) is 0 Å². The largest absolute Gasteiger partial charge is 0.465 e. The summed E-state index contributed by atoms with van der Waals surface area (Å²) >= 11 is 5.99. The first kappa shape index (κ1) is 13.5. The number of esters is 1. The predicted octanol–water partition coefficient (Wildman–Crippen LogP) is 1.94. The average molecular weight is 256 g/mol. The Hall–Kier alpha value is -1.55. The molecule has 17 heavy (non-hydrogen) atoms. The molecule has 1 N–H and O–H groups in total. The molecule has 5 heteroatoms. The monoisotopic (exact) mass is 255 g/mol. The third-order valence-corrected chi connectivity index (χ3v) is 2.64. The minimum Gasteiger partial charge on any atom is -0.465 e. The van der Waals surface area contributed by atoms with Crippen molar-refractivity contribution < 1.29 is 14.3 Å². The number of rotatable bonds is 4. The molecule has 0 radical (unpaired) electrons. The van der Waals surface area contributed by atoms with Crippen molar-refractivity contribution in [3.63, 3.8) is 0 Å². The quantitative estimate of drug-likeness (QED) is 0.837. The maximum absolute atomic E-state index is 11.7. The number of nitrogens with one attached hydrogen (secondary N) is 1. The van der Waals surface area contributed by atoms with Crippen LogP contribution in [0.4, 0.5) is 0 Å². The Kier molecular flexibility index (Phi) is 4.97. The van der Waals surface area contributed by atoms with Crippen molar-refractivity contribution in [1.82, 2.24) is 5.32 Å². The molecule has 0 aliphatic rings. The van der Waals surface area contributed by atoms with Crippen molar-refractivity contribution >= 4 is 23.5 Å². The van der Waals surface area contributed by atoms with Crippen molar-refractivity contribution in [2.45, 2.75) is 13.8 Å². The first-order chi connectivity index (χ1) is 8.06. The molecular weight excluding hydrogens is 242 g/mol. The minimum atomic E-state index is -0.468. The number of carbonyl (C=O) groups excluding carboxylic acids is 2. The molecule has 0 aliphatic heterocycles. The van der Waals surface area contributed by atoms with Crippen molar-refractivity contribution in [2.24, 2.45) is 0 Å². The van der Waals surface area contributed by atoms with E-state index in [-0.39, 0.29) is 12.5 Å². The molecule has 92 valence electrons. The van der Waals surface area contributed by atoms with Gasteiger partial charge >= 0.3 is 5.97 Å². The van der Waals surface area contributed by atoms with Gasteiger partial charge in [0.2, 0.25) is 0 Å². The molecule has 0 atom stereocenters. The summed E-state index contributed by atoms with van der Waals surface area (Å²) in [5, 5.41) is 2.85. The molecule has 0 saturated heterocycles. The van der Waals surface area contributed by atoms with Gasteiger partial charge in [0.25, 0.3) is 5.91 Å². The highest BCUT2D eigenvalue weighted by molar-refractivity contribution is 6.34. The van der Waals surface area contributed by atoms with Gasteiger partial charge in [-0.15, -0.1) is 0 Å². The van der Waals surface area contributed by atoms with E-state index in [4.69, 9.17) is 16.3 Å². The Labute approximate surface area is 105 Å². The van der Waals surface area contributed by atoms with Gasteiger partial charge in [-0.3, -0.25) is 9.59 Å². The van der Waals surface area contributed by atoms with Crippen LogP contribution >= 0.6 is 11.6 Å². The second-order valence-corrected chi connectivity index (χ2v) is 3.80. The Bertz CT molecular complexity index is 432. The lowest BCUT2D eigenvalue weighted by molar-refractivity contribution is -0.141. The van der Waals surface area contributed by atoms with Crippen LogP contribution in [0, 0.1) is 6.92 Å². The molecule has 0 fully saturated rings. The van der Waals surface area contributed by atoms with E-state index in [1.54, 1.807) is 19.1 Å². The summed E-state index contributed by atoms with van der Waals surface area (Å²) in [5.74, 6) is -0.851. The molecule has 1 rings (SSSR count). The molecule has 4 nitrogen and oxygen atoms in total. The summed E-state index contributed by atoms with van der Waals surface area (Å²) in [5.41, 5.74) is 1.17. The summed E-state index contributed by atoms with van der Waals surface area (Å²) < 4.78 is 4.70. The van der Waals surface area contributed by atoms with E-state index in [1.807, 2.05) is 13.0 Å². The fourth-order valence-electron chi connectivity index (χ4n) is 1.28. The molecule has 0 aromatic heterocycles. The highest BCUT2D eigenvalue weighted by atomic mass is 35.5. The average Bonchev–Trinajstić information content (AvgIpc) is 2.30. The van der Waals surface area contributed by atoms with Crippen molar-refractivity contribution in [3.05, 3.63) is 34.3 Å². The summed E-state index contributed by atoms with van der Waals surface area (Å²) in [6, 6.07) is 5.15. The van der Waals surface area contributed by atoms with Crippen LogP contribution in [0.1, 0.15) is 22.8 Å². The second kappa shape index (κ2) is 6.25. The van der Waals surface area contributed by atoms with Gasteiger partial charge in [-0.25, -0.2) is 0 Å². The Morgan fingerprint density at radius 1 is 1.41 bits per heavy atom. The number of hydrogen-bond acceptors (Lipinski definition) is 3. The van der Waals surface area contributed by atoms with E-state index in [2.05, 4.69) is 5.32 Å². The third kappa shape index (κ3) is 3.75. The van der Waals surface area contributed by atoms with Gasteiger partial charge in [-0.1, -0.05) is 23.7 Å². The number of benzene rings is 1. The lowest BCUT2D eigenvalue weighted by Crippen LogP contribution is -2.30. The summed E-state index contributed by atoms with van der Waals surface area (Å²) in [6.07, 6.45) is 0. The number of ether oxygens (including phenoxy) is 1. The molecule has 0 heterocycles. The van der Waals surface area contributed by atoms with Crippen molar-refractivity contribution in [1.29, 1.82) is 0 Å². The van der Waals surface area contributed by atoms with E-state index >= 15 is 0 Å². The van der Waals surface area contributed by atoms with Crippen LogP contribution in [0.25, 0.3) is 0 Å². The third-order valence-electron chi connectivity index (χ3n) is 2.14. The zero-order chi connectivity index (χ0) is 12.8. The standard InChI is InChI=1S/C12H14ClNO3/c1-3-17-10(15)7-14-12(16)9-6-4-5-8(2)11(9)13/h4-6H,3,7H2,1-2H3,(H,14,16). The van der Waals surface area contributed by atoms with Gasteiger partial charge < -0.3 is 10.1 Å². The molecule has 1 aromatic carbocycles. The molecule has 1 amide bonds. The lowest BCUT2D eigenvalue weighted by atomic mass is 10.1. The fraction of sp³-hybridized carbons (Fsp3) is 0.333. The summed E-state index contributed by atoms with van der Waals surface area (Å²) in [7, 11) is 0. The van der Waals surface area contributed by atoms with Gasteiger partial charge in [-0.05, 0) is 25.5 Å². The van der Waals surface area contributed by atoms with Gasteiger partial charge in [-0.2, -0.15) is 0 Å². The number of halogens is 1. The van der Waals surface area contributed by atoms with E-state index in [0.29, 0.717) is 17.2 Å². The molecule has 0 unspecified atom stereocenters. The van der Waals surface area contributed by atoms with E-state index in [0.717, 1.165) is 5.56 Å². The SMILES string of the molecule is CCOC(=O)CNC(=O)c1cccc(C)c1Cl. The van der Waals surface area contributed by atoms with Crippen LogP contribution < -0.4 is 5.32 Å². The first-order valence-corrected chi connectivity index (χ1v) is 5.63. The fourth-order valence-corrected chi connectivity index (χ4v) is 1.49. The van der Waals surface area contributed by atoms with Crippen LogP contribution in [-0.2, 0) is 9.53 Å². The highest BCUT2D eigenvalue weighted by Gasteiger charge is 2.12. The maximum atomic E-state index is 11.7. The molecule has 0 spiro atoms. The van der Waals surface area contributed by atoms with Gasteiger partial charge in [0, 0.05) is 0 Å². The summed E-state index contributed by atoms with van der Waals surface area (Å²) in [6.45, 7) is 3.65. The van der Waals surface area contributed by atoms with Gasteiger partial charge in [0.1, 0.15) is 6.54 Å². The Balaban J connectivity index is 2.64. The van der Waals surface area contributed by atoms with E-state index in [1.165, 1.54) is 0 Å². The number of aryl methyl sites for hydroxylation is 1. The van der Waals surface area contributed by atoms with Crippen LogP contribution in [0.5, 0.6) is 0 Å². The normalized spacial score (nSPS) is 9.82. The summed E-state index contributed by atoms with van der Waals surface area (Å²) in [4.78, 5) is 22.8. The van der Waals surface area contributed by atoms with E-state index in [9.17, 15) is 9.59 Å². The number of amides is 1. The van der Waals surface area contributed by atoms with Crippen molar-refractivity contribution in [2.75, 3.05) is 13.2 Å². The highest BCUT2D eigenvalue weighted by Crippen LogP contribution is 2.19. The van der Waals surface area contributed by atoms with Crippen LogP contribution in [0.15, 0.2) is 18.2 Å². The minimum absolute atomic E-state index is 0.156. The van der Waals surface area contributed by atoms with Gasteiger partial charge in [0.15, 0.2) is 0 Å². The van der Waals surface area contributed by atoms with Gasteiger partial charge in [0.05, 0.1) is 17.2 Å². The number of hydrogen-bond donors (Lipinski definition) is 1. The van der Waals surface area contributed by atoms with Crippen LogP contribution in [0.2, 0.25) is 5.02 Å². The molecular formula is C12H14ClNO3. The first-order valence-electron chi connectivity index (χ1n) is 5.25. The van der Waals surface area contributed by atoms with Crippen molar-refractivity contribution in [3.8, 4) is 0 Å². The topological polar surface area (TPSA) is 55.4 Å². The second-order valence-electron chi connectivity index (χ2n) is 3.42. The molecule has 0 saturated carbocycles. The smallest absolute Gasteiger partial charge is 0.325 e. The zero-order valence-corrected chi connectivity index (χ0v) is 10.5. The maximum Gasteiger partial charge on any atom is 0.325 e. The Morgan fingerprint density at radius 2 is 2.12 bits per heavy atom.